The molecule has 0 bridgehead atoms. The highest BCUT2D eigenvalue weighted by atomic mass is 32.2. The largest absolute Gasteiger partial charge is 0.462 e. The van der Waals surface area contributed by atoms with Crippen LogP contribution in [-0.2, 0) is 38.7 Å². The van der Waals surface area contributed by atoms with Gasteiger partial charge in [-0.05, 0) is 64.2 Å². The van der Waals surface area contributed by atoms with E-state index in [1.165, 1.54) is 38.5 Å². The number of hydrogen-bond acceptors (Lipinski definition) is 11. The molecule has 0 radical (unpaired) electrons. The van der Waals surface area contributed by atoms with Crippen molar-refractivity contribution in [2.75, 3.05) is 19.0 Å². The Labute approximate surface area is 331 Å². The van der Waals surface area contributed by atoms with Crippen molar-refractivity contribution in [2.24, 2.45) is 0 Å². The summed E-state index contributed by atoms with van der Waals surface area (Å²) in [5.41, 5.74) is 0. The molecule has 13 heteroatoms. The Hall–Kier alpha value is -2.13. The fourth-order valence-corrected chi connectivity index (χ4v) is 6.79. The van der Waals surface area contributed by atoms with Crippen LogP contribution in [0.25, 0.3) is 0 Å². The second kappa shape index (κ2) is 32.9. The first-order chi connectivity index (χ1) is 26.5. The lowest BCUT2D eigenvalue weighted by molar-refractivity contribution is -0.297. The fraction of sp³-hybridized carbons (Fsp3) is 0.810. The van der Waals surface area contributed by atoms with Gasteiger partial charge in [0, 0.05) is 12.8 Å². The SMILES string of the molecule is CCCC/C=C/C/C=C/CCCCCCCC(=O)O[C@H](COC(=O)CCCCCCC/C=C/CCCCCC)CO[C@H]1O[C@H](CS(=O)(=O)O)[C@@H](O)C(O)C1O. The highest BCUT2D eigenvalue weighted by Gasteiger charge is 2.46. The van der Waals surface area contributed by atoms with E-state index in [-0.39, 0.29) is 19.4 Å². The van der Waals surface area contributed by atoms with Crippen molar-refractivity contribution in [3.8, 4) is 0 Å². The number of aliphatic hydroxyl groups is 3. The summed E-state index contributed by atoms with van der Waals surface area (Å²) in [6, 6.07) is 0. The summed E-state index contributed by atoms with van der Waals surface area (Å²) in [7, 11) is -4.60. The molecule has 12 nitrogen and oxygen atoms in total. The summed E-state index contributed by atoms with van der Waals surface area (Å²) in [6.45, 7) is 3.66. The van der Waals surface area contributed by atoms with E-state index >= 15 is 0 Å². The van der Waals surface area contributed by atoms with Gasteiger partial charge >= 0.3 is 11.9 Å². The Balaban J connectivity index is 2.51. The summed E-state index contributed by atoms with van der Waals surface area (Å²) in [5, 5.41) is 30.8. The van der Waals surface area contributed by atoms with E-state index in [1.54, 1.807) is 0 Å². The van der Waals surface area contributed by atoms with Crippen LogP contribution in [0.1, 0.15) is 162 Å². The quantitative estimate of drug-likeness (QED) is 0.0214. The van der Waals surface area contributed by atoms with Gasteiger partial charge in [0.2, 0.25) is 0 Å². The molecule has 2 unspecified atom stereocenters. The van der Waals surface area contributed by atoms with Crippen molar-refractivity contribution in [1.29, 1.82) is 0 Å². The maximum Gasteiger partial charge on any atom is 0.306 e. The summed E-state index contributed by atoms with van der Waals surface area (Å²) in [4.78, 5) is 25.3. The van der Waals surface area contributed by atoms with Crippen LogP contribution in [0.4, 0.5) is 0 Å². The van der Waals surface area contributed by atoms with E-state index in [1.807, 2.05) is 0 Å². The molecule has 1 rings (SSSR count). The van der Waals surface area contributed by atoms with Crippen LogP contribution in [-0.4, -0.2) is 96.0 Å². The summed E-state index contributed by atoms with van der Waals surface area (Å²) >= 11 is 0. The maximum absolute atomic E-state index is 12.8. The molecule has 6 atom stereocenters. The predicted molar refractivity (Wildman–Crippen MR) is 215 cm³/mol. The highest BCUT2D eigenvalue weighted by Crippen LogP contribution is 2.24. The minimum atomic E-state index is -4.60. The average Bonchev–Trinajstić information content (AvgIpc) is 3.14. The van der Waals surface area contributed by atoms with Gasteiger partial charge in [0.1, 0.15) is 36.8 Å². The Morgan fingerprint density at radius 2 is 1.11 bits per heavy atom. The number of hydrogen-bond donors (Lipinski definition) is 4. The Morgan fingerprint density at radius 1 is 0.618 bits per heavy atom. The van der Waals surface area contributed by atoms with Crippen molar-refractivity contribution in [3.63, 3.8) is 0 Å². The second-order valence-electron chi connectivity index (χ2n) is 14.6. The Kier molecular flexibility index (Phi) is 30.4. The normalized spacial score (nSPS) is 21.2. The van der Waals surface area contributed by atoms with Gasteiger partial charge in [-0.15, -0.1) is 0 Å². The Bertz CT molecular complexity index is 1170. The van der Waals surface area contributed by atoms with E-state index < -0.39 is 71.2 Å². The summed E-state index contributed by atoms with van der Waals surface area (Å²) in [6.07, 6.45) is 26.2. The number of esters is 2. The first-order valence-corrected chi connectivity index (χ1v) is 22.7. The molecule has 0 aromatic rings. The second-order valence-corrected chi connectivity index (χ2v) is 16.1. The number of allylic oxidation sites excluding steroid dienone is 6. The third-order valence-corrected chi connectivity index (χ3v) is 10.2. The van der Waals surface area contributed by atoms with Crippen LogP contribution < -0.4 is 0 Å². The highest BCUT2D eigenvalue weighted by molar-refractivity contribution is 7.85. The van der Waals surface area contributed by atoms with Gasteiger partial charge in [-0.1, -0.05) is 121 Å². The zero-order chi connectivity index (χ0) is 40.6. The van der Waals surface area contributed by atoms with Crippen molar-refractivity contribution in [2.45, 2.75) is 198 Å². The minimum absolute atomic E-state index is 0.146. The lowest BCUT2D eigenvalue weighted by atomic mass is 10.00. The predicted octanol–water partition coefficient (Wildman–Crippen LogP) is 7.83. The first-order valence-electron chi connectivity index (χ1n) is 21.0. The van der Waals surface area contributed by atoms with Crippen LogP contribution in [0.2, 0.25) is 0 Å². The van der Waals surface area contributed by atoms with E-state index in [0.717, 1.165) is 83.5 Å². The van der Waals surface area contributed by atoms with Gasteiger partial charge in [0.05, 0.1) is 6.61 Å². The molecular weight excluding hydrogens is 729 g/mol. The molecule has 1 heterocycles. The smallest absolute Gasteiger partial charge is 0.306 e. The van der Waals surface area contributed by atoms with Crippen LogP contribution in [0.5, 0.6) is 0 Å². The number of ether oxygens (including phenoxy) is 4. The molecule has 320 valence electrons. The van der Waals surface area contributed by atoms with Crippen LogP contribution >= 0.6 is 0 Å². The van der Waals surface area contributed by atoms with Crippen molar-refractivity contribution in [3.05, 3.63) is 36.5 Å². The lowest BCUT2D eigenvalue weighted by Gasteiger charge is -2.40. The molecule has 0 amide bonds. The molecule has 0 saturated carbocycles. The number of carbonyl (C=O) groups excluding carboxylic acids is 2. The topological polar surface area (TPSA) is 186 Å². The van der Waals surface area contributed by atoms with E-state index in [2.05, 4.69) is 50.3 Å². The molecule has 0 aromatic carbocycles. The van der Waals surface area contributed by atoms with Crippen molar-refractivity contribution < 1.29 is 56.8 Å². The number of rotatable bonds is 34. The van der Waals surface area contributed by atoms with E-state index in [0.29, 0.717) is 12.8 Å². The van der Waals surface area contributed by atoms with Gasteiger partial charge in [-0.2, -0.15) is 8.42 Å². The van der Waals surface area contributed by atoms with Gasteiger partial charge in [0.25, 0.3) is 10.1 Å². The first kappa shape index (κ1) is 50.9. The molecule has 0 spiro atoms. The van der Waals surface area contributed by atoms with Gasteiger partial charge in [-0.25, -0.2) is 0 Å². The molecular formula is C42H74O12S. The zero-order valence-corrected chi connectivity index (χ0v) is 34.6. The molecule has 1 aliphatic rings. The van der Waals surface area contributed by atoms with E-state index in [4.69, 9.17) is 18.9 Å². The molecule has 1 aliphatic heterocycles. The summed E-state index contributed by atoms with van der Waals surface area (Å²) < 4.78 is 53.9. The van der Waals surface area contributed by atoms with Crippen molar-refractivity contribution >= 4 is 22.1 Å². The van der Waals surface area contributed by atoms with Crippen LogP contribution in [0.15, 0.2) is 36.5 Å². The Morgan fingerprint density at radius 3 is 1.67 bits per heavy atom. The third kappa shape index (κ3) is 28.0. The van der Waals surface area contributed by atoms with Gasteiger partial charge < -0.3 is 34.3 Å². The average molecular weight is 803 g/mol. The monoisotopic (exact) mass is 802 g/mol. The molecule has 1 fully saturated rings. The molecule has 55 heavy (non-hydrogen) atoms. The third-order valence-electron chi connectivity index (χ3n) is 9.44. The number of carbonyl (C=O) groups is 2. The number of aliphatic hydroxyl groups excluding tert-OH is 3. The molecule has 4 N–H and O–H groups in total. The molecule has 0 aliphatic carbocycles. The van der Waals surface area contributed by atoms with Gasteiger partial charge in [0.15, 0.2) is 12.4 Å². The van der Waals surface area contributed by atoms with Gasteiger partial charge in [-0.3, -0.25) is 14.1 Å². The minimum Gasteiger partial charge on any atom is -0.462 e. The lowest BCUT2D eigenvalue weighted by Crippen LogP contribution is -2.60. The fourth-order valence-electron chi connectivity index (χ4n) is 6.10. The van der Waals surface area contributed by atoms with Crippen molar-refractivity contribution in [1.82, 2.24) is 0 Å². The molecule has 0 aromatic heterocycles. The maximum atomic E-state index is 12.8. The molecule has 1 saturated heterocycles. The van der Waals surface area contributed by atoms with Crippen LogP contribution in [0, 0.1) is 0 Å². The zero-order valence-electron chi connectivity index (χ0n) is 33.8. The standard InChI is InChI=1S/C42H74O12S/c1-3-5-7-9-11-13-15-17-19-21-23-25-27-29-31-38(44)53-35(33-52-42-41(47)40(46)39(45)36(54-42)34-55(48,49)50)32-51-37(43)30-28-26-24-22-20-18-16-14-12-10-8-6-4-2/h9,11,14-17,35-36,39-42,45-47H,3-8,10,12-13,18-34H2,1-2H3,(H,48,49,50)/b11-9+,16-14+,17-15+/t35-,36-,39-,40?,41?,42+/m1/s1. The summed E-state index contributed by atoms with van der Waals surface area (Å²) in [5.74, 6) is -2.01. The number of unbranched alkanes of at least 4 members (excludes halogenated alkanes) is 16. The van der Waals surface area contributed by atoms with E-state index in [9.17, 15) is 37.9 Å². The van der Waals surface area contributed by atoms with Crippen LogP contribution in [0.3, 0.4) is 0 Å².